The molecule has 0 saturated carbocycles. The SMILES string of the molecule is CC(C)c1cnn2c(N(Cc3cccc(NC4CN(C(=O)OC(C)(C)C)C4)c3)C(=O)OC(C)(C)C)cc(-c3ccnc(Cl)c3)nc12. The number of carbonyl (C=O) groups excluding carboxylic acids is 2. The van der Waals surface area contributed by atoms with Crippen LogP contribution >= 0.6 is 11.6 Å². The van der Waals surface area contributed by atoms with E-state index in [2.05, 4.69) is 29.2 Å². The van der Waals surface area contributed by atoms with Gasteiger partial charge >= 0.3 is 12.2 Å². The predicted octanol–water partition coefficient (Wildman–Crippen LogP) is 7.54. The molecule has 1 aliphatic heterocycles. The van der Waals surface area contributed by atoms with Gasteiger partial charge in [0.2, 0.25) is 0 Å². The van der Waals surface area contributed by atoms with Crippen LogP contribution in [0.2, 0.25) is 5.15 Å². The van der Waals surface area contributed by atoms with E-state index in [0.717, 1.165) is 22.4 Å². The molecule has 46 heavy (non-hydrogen) atoms. The third-order valence-electron chi connectivity index (χ3n) is 7.19. The van der Waals surface area contributed by atoms with Gasteiger partial charge < -0.3 is 19.7 Å². The monoisotopic (exact) mass is 647 g/mol. The van der Waals surface area contributed by atoms with Gasteiger partial charge in [-0.15, -0.1) is 0 Å². The van der Waals surface area contributed by atoms with E-state index in [4.69, 9.17) is 26.1 Å². The highest BCUT2D eigenvalue weighted by atomic mass is 35.5. The molecule has 1 aromatic carbocycles. The van der Waals surface area contributed by atoms with Gasteiger partial charge in [0.05, 0.1) is 24.5 Å². The van der Waals surface area contributed by atoms with Crippen LogP contribution in [0.4, 0.5) is 21.1 Å². The van der Waals surface area contributed by atoms with E-state index in [1.54, 1.807) is 32.8 Å². The van der Waals surface area contributed by atoms with E-state index in [1.165, 1.54) is 0 Å². The van der Waals surface area contributed by atoms with Crippen molar-refractivity contribution in [2.75, 3.05) is 23.3 Å². The Morgan fingerprint density at radius 1 is 1.04 bits per heavy atom. The highest BCUT2D eigenvalue weighted by molar-refractivity contribution is 6.29. The number of hydrogen-bond donors (Lipinski definition) is 1. The lowest BCUT2D eigenvalue weighted by Crippen LogP contribution is -2.57. The van der Waals surface area contributed by atoms with Crippen molar-refractivity contribution in [1.29, 1.82) is 0 Å². The quantitative estimate of drug-likeness (QED) is 0.205. The summed E-state index contributed by atoms with van der Waals surface area (Å²) in [4.78, 5) is 38.6. The van der Waals surface area contributed by atoms with Crippen molar-refractivity contribution in [2.45, 2.75) is 85.1 Å². The van der Waals surface area contributed by atoms with Crippen molar-refractivity contribution in [3.8, 4) is 11.3 Å². The number of nitrogens with zero attached hydrogens (tertiary/aromatic N) is 6. The Balaban J connectivity index is 1.47. The van der Waals surface area contributed by atoms with Gasteiger partial charge in [-0.3, -0.25) is 4.90 Å². The van der Waals surface area contributed by atoms with Gasteiger partial charge in [0.1, 0.15) is 22.2 Å². The maximum atomic E-state index is 13.9. The van der Waals surface area contributed by atoms with Gasteiger partial charge in [-0.05, 0) is 77.3 Å². The van der Waals surface area contributed by atoms with Crippen molar-refractivity contribution in [2.24, 2.45) is 0 Å². The molecule has 0 atom stereocenters. The Bertz CT molecular complexity index is 1740. The van der Waals surface area contributed by atoms with Crippen LogP contribution in [0, 0.1) is 0 Å². The number of anilines is 2. The molecule has 1 aliphatic rings. The number of pyridine rings is 1. The molecule has 0 aliphatic carbocycles. The fraction of sp³-hybridized carbons (Fsp3) is 0.441. The fourth-order valence-electron chi connectivity index (χ4n) is 5.05. The van der Waals surface area contributed by atoms with Crippen molar-refractivity contribution in [3.63, 3.8) is 0 Å². The maximum absolute atomic E-state index is 13.9. The van der Waals surface area contributed by atoms with Crippen LogP contribution in [0.15, 0.2) is 54.9 Å². The minimum atomic E-state index is -0.732. The molecule has 3 aromatic heterocycles. The van der Waals surface area contributed by atoms with Gasteiger partial charge in [-0.2, -0.15) is 9.61 Å². The average molecular weight is 648 g/mol. The number of benzene rings is 1. The topological polar surface area (TPSA) is 114 Å². The first kappa shape index (κ1) is 33.0. The minimum Gasteiger partial charge on any atom is -0.444 e. The Labute approximate surface area is 274 Å². The van der Waals surface area contributed by atoms with E-state index in [9.17, 15) is 9.59 Å². The third kappa shape index (κ3) is 7.88. The lowest BCUT2D eigenvalue weighted by molar-refractivity contribution is 0.0105. The molecule has 0 unspecified atom stereocenters. The predicted molar refractivity (Wildman–Crippen MR) is 179 cm³/mol. The summed E-state index contributed by atoms with van der Waals surface area (Å²) in [6, 6.07) is 13.3. The number of rotatable bonds is 7. The molecular formula is C34H42ClN7O4. The molecular weight excluding hydrogens is 606 g/mol. The Morgan fingerprint density at radius 3 is 2.41 bits per heavy atom. The molecule has 1 saturated heterocycles. The minimum absolute atomic E-state index is 0.0813. The summed E-state index contributed by atoms with van der Waals surface area (Å²) in [6.45, 7) is 16.5. The first-order valence-electron chi connectivity index (χ1n) is 15.4. The molecule has 0 spiro atoms. The first-order valence-corrected chi connectivity index (χ1v) is 15.8. The summed E-state index contributed by atoms with van der Waals surface area (Å²) >= 11 is 6.25. The molecule has 0 bridgehead atoms. The molecule has 4 aromatic rings. The van der Waals surface area contributed by atoms with Crippen molar-refractivity contribution >= 4 is 40.9 Å². The maximum Gasteiger partial charge on any atom is 0.416 e. The number of halogens is 1. The van der Waals surface area contributed by atoms with Gasteiger partial charge in [-0.1, -0.05) is 37.6 Å². The van der Waals surface area contributed by atoms with E-state index < -0.39 is 17.3 Å². The molecule has 12 heteroatoms. The summed E-state index contributed by atoms with van der Waals surface area (Å²) in [5.74, 6) is 0.643. The number of amides is 2. The largest absolute Gasteiger partial charge is 0.444 e. The van der Waals surface area contributed by atoms with Crippen LogP contribution in [0.5, 0.6) is 0 Å². The van der Waals surface area contributed by atoms with Gasteiger partial charge in [-0.25, -0.2) is 19.6 Å². The van der Waals surface area contributed by atoms with Gasteiger partial charge in [0.25, 0.3) is 0 Å². The number of likely N-dealkylation sites (tertiary alicyclic amines) is 1. The molecule has 11 nitrogen and oxygen atoms in total. The summed E-state index contributed by atoms with van der Waals surface area (Å²) < 4.78 is 13.1. The fourth-order valence-corrected chi connectivity index (χ4v) is 5.23. The van der Waals surface area contributed by atoms with E-state index in [0.29, 0.717) is 35.4 Å². The van der Waals surface area contributed by atoms with Crippen molar-refractivity contribution < 1.29 is 19.1 Å². The molecule has 1 N–H and O–H groups in total. The zero-order chi connectivity index (χ0) is 33.4. The summed E-state index contributed by atoms with van der Waals surface area (Å²) in [5, 5.41) is 8.50. The summed E-state index contributed by atoms with van der Waals surface area (Å²) in [5.41, 5.74) is 3.44. The molecule has 4 heterocycles. The smallest absolute Gasteiger partial charge is 0.416 e. The molecule has 0 radical (unpaired) electrons. The van der Waals surface area contributed by atoms with Crippen LogP contribution in [-0.4, -0.2) is 67.0 Å². The normalized spacial score (nSPS) is 13.9. The number of aromatic nitrogens is 4. The zero-order valence-electron chi connectivity index (χ0n) is 27.7. The Hall–Kier alpha value is -4.38. The molecule has 5 rings (SSSR count). The van der Waals surface area contributed by atoms with Crippen LogP contribution in [0.25, 0.3) is 16.9 Å². The van der Waals surface area contributed by atoms with Crippen LogP contribution in [-0.2, 0) is 16.0 Å². The van der Waals surface area contributed by atoms with E-state index in [-0.39, 0.29) is 24.6 Å². The lowest BCUT2D eigenvalue weighted by Gasteiger charge is -2.40. The number of nitrogens with one attached hydrogen (secondary N) is 1. The Kier molecular flexibility index (Phi) is 9.17. The highest BCUT2D eigenvalue weighted by Crippen LogP contribution is 2.31. The number of ether oxygens (including phenoxy) is 2. The Morgan fingerprint density at radius 2 is 1.76 bits per heavy atom. The van der Waals surface area contributed by atoms with Gasteiger partial charge in [0.15, 0.2) is 5.65 Å². The second-order valence-corrected chi connectivity index (χ2v) is 14.2. The van der Waals surface area contributed by atoms with Crippen molar-refractivity contribution in [3.05, 3.63) is 71.1 Å². The van der Waals surface area contributed by atoms with E-state index in [1.807, 2.05) is 77.9 Å². The molecule has 244 valence electrons. The van der Waals surface area contributed by atoms with Crippen LogP contribution in [0.3, 0.4) is 0 Å². The lowest BCUT2D eigenvalue weighted by atomic mass is 10.1. The number of fused-ring (bicyclic) bond motifs is 1. The second-order valence-electron chi connectivity index (χ2n) is 13.9. The highest BCUT2D eigenvalue weighted by Gasteiger charge is 2.34. The van der Waals surface area contributed by atoms with Crippen LogP contribution < -0.4 is 10.2 Å². The molecule has 2 amide bonds. The number of hydrogen-bond acceptors (Lipinski definition) is 8. The molecule has 1 fully saturated rings. The van der Waals surface area contributed by atoms with Crippen molar-refractivity contribution in [1.82, 2.24) is 24.5 Å². The van der Waals surface area contributed by atoms with Crippen LogP contribution in [0.1, 0.15) is 72.4 Å². The number of carbonyl (C=O) groups is 2. The summed E-state index contributed by atoms with van der Waals surface area (Å²) in [7, 11) is 0. The van der Waals surface area contributed by atoms with E-state index >= 15 is 0 Å². The standard InChI is InChI=1S/C34H42ClN7O4/c1-21(2)26-17-37-42-29(16-27(39-30(26)42)23-12-13-36-28(35)15-23)41(32(44)46-34(6,7)8)18-22-10-9-11-24(14-22)38-25-19-40(20-25)31(43)45-33(3,4)5/h9-17,21,25,38H,18-20H2,1-8H3. The van der Waals surface area contributed by atoms with Gasteiger partial charge in [0, 0.05) is 42.2 Å². The first-order chi connectivity index (χ1) is 21.6. The average Bonchev–Trinajstić information content (AvgIpc) is 3.36. The second kappa shape index (κ2) is 12.8. The third-order valence-corrected chi connectivity index (χ3v) is 7.39. The zero-order valence-corrected chi connectivity index (χ0v) is 28.4. The summed E-state index contributed by atoms with van der Waals surface area (Å²) in [6.07, 6.45) is 2.58.